The quantitative estimate of drug-likeness (QED) is 0.848. The van der Waals surface area contributed by atoms with E-state index < -0.39 is 0 Å². The Morgan fingerprint density at radius 3 is 2.81 bits per heavy atom. The summed E-state index contributed by atoms with van der Waals surface area (Å²) in [5, 5.41) is 3.66. The third kappa shape index (κ3) is 3.56. The maximum Gasteiger partial charge on any atom is 0.0794 e. The van der Waals surface area contributed by atoms with Crippen LogP contribution < -0.4 is 5.32 Å². The zero-order valence-corrected chi connectivity index (χ0v) is 10.9. The lowest BCUT2D eigenvalue weighted by atomic mass is 9.83. The molecule has 0 bridgehead atoms. The van der Waals surface area contributed by atoms with E-state index in [1.807, 2.05) is 11.7 Å². The Hall–Kier alpha value is -0.410. The molecule has 1 aromatic rings. The van der Waals surface area contributed by atoms with Crippen LogP contribution in [0.3, 0.4) is 0 Å². The van der Waals surface area contributed by atoms with E-state index in [-0.39, 0.29) is 0 Å². The van der Waals surface area contributed by atoms with Gasteiger partial charge in [0.05, 0.1) is 5.51 Å². The molecule has 1 aliphatic rings. The van der Waals surface area contributed by atoms with E-state index in [9.17, 15) is 0 Å². The number of thiazole rings is 1. The minimum Gasteiger partial charge on any atom is -0.309 e. The minimum absolute atomic E-state index is 0.746. The molecule has 0 aromatic carbocycles. The molecule has 3 heteroatoms. The molecular formula is C13H22N2S. The maximum absolute atomic E-state index is 4.10. The monoisotopic (exact) mass is 238 g/mol. The molecule has 1 saturated carbocycles. The third-order valence-electron chi connectivity index (χ3n) is 3.59. The van der Waals surface area contributed by atoms with Gasteiger partial charge in [-0.2, -0.15) is 0 Å². The Kier molecular flexibility index (Phi) is 4.79. The molecule has 2 rings (SSSR count). The van der Waals surface area contributed by atoms with Crippen molar-refractivity contribution in [3.8, 4) is 0 Å². The fourth-order valence-corrected chi connectivity index (χ4v) is 3.18. The minimum atomic E-state index is 0.746. The van der Waals surface area contributed by atoms with Crippen LogP contribution in [0, 0.1) is 5.92 Å². The van der Waals surface area contributed by atoms with Crippen molar-refractivity contribution in [2.24, 2.45) is 5.92 Å². The molecular weight excluding hydrogens is 216 g/mol. The molecule has 1 aliphatic carbocycles. The summed E-state index contributed by atoms with van der Waals surface area (Å²) >= 11 is 1.75. The van der Waals surface area contributed by atoms with Gasteiger partial charge in [0.2, 0.25) is 0 Å². The van der Waals surface area contributed by atoms with Crippen LogP contribution in [0.4, 0.5) is 0 Å². The fourth-order valence-electron chi connectivity index (χ4n) is 2.64. The molecule has 16 heavy (non-hydrogen) atoms. The molecule has 0 atom stereocenters. The van der Waals surface area contributed by atoms with Crippen molar-refractivity contribution in [1.29, 1.82) is 0 Å². The number of rotatable bonds is 5. The van der Waals surface area contributed by atoms with E-state index in [1.54, 1.807) is 11.3 Å². The highest BCUT2D eigenvalue weighted by Gasteiger charge is 2.19. The highest BCUT2D eigenvalue weighted by Crippen LogP contribution is 2.27. The normalized spacial score (nSPS) is 25.8. The van der Waals surface area contributed by atoms with Gasteiger partial charge in [0.25, 0.3) is 0 Å². The first kappa shape index (κ1) is 12.1. The molecule has 1 N–H and O–H groups in total. The number of hydrogen-bond donors (Lipinski definition) is 1. The Bertz CT molecular complexity index is 276. The van der Waals surface area contributed by atoms with Crippen LogP contribution in [0.2, 0.25) is 0 Å². The van der Waals surface area contributed by atoms with Gasteiger partial charge in [-0.1, -0.05) is 19.8 Å². The maximum atomic E-state index is 4.10. The van der Waals surface area contributed by atoms with E-state index in [1.165, 1.54) is 43.4 Å². The van der Waals surface area contributed by atoms with Crippen molar-refractivity contribution in [2.75, 3.05) is 0 Å². The van der Waals surface area contributed by atoms with Gasteiger partial charge >= 0.3 is 0 Å². The molecule has 0 unspecified atom stereocenters. The molecule has 0 saturated heterocycles. The number of nitrogens with one attached hydrogen (secondary N) is 1. The van der Waals surface area contributed by atoms with E-state index in [0.29, 0.717) is 0 Å². The molecule has 1 aromatic heterocycles. The van der Waals surface area contributed by atoms with Gasteiger partial charge in [0.1, 0.15) is 0 Å². The lowest BCUT2D eigenvalue weighted by molar-refractivity contribution is 0.278. The Labute approximate surface area is 102 Å². The van der Waals surface area contributed by atoms with Crippen LogP contribution >= 0.6 is 11.3 Å². The first-order valence-electron chi connectivity index (χ1n) is 6.49. The summed E-state index contributed by atoms with van der Waals surface area (Å²) in [6, 6.07) is 0.746. The van der Waals surface area contributed by atoms with E-state index >= 15 is 0 Å². The average molecular weight is 238 g/mol. The van der Waals surface area contributed by atoms with Gasteiger partial charge in [-0.3, -0.25) is 4.98 Å². The Morgan fingerprint density at radius 2 is 2.19 bits per heavy atom. The third-order valence-corrected chi connectivity index (χ3v) is 4.37. The lowest BCUT2D eigenvalue weighted by Gasteiger charge is -2.28. The van der Waals surface area contributed by atoms with Crippen molar-refractivity contribution >= 4 is 11.3 Å². The first-order chi connectivity index (χ1) is 7.88. The largest absolute Gasteiger partial charge is 0.309 e. The van der Waals surface area contributed by atoms with Crippen molar-refractivity contribution < 1.29 is 0 Å². The molecule has 0 aliphatic heterocycles. The van der Waals surface area contributed by atoms with Crippen LogP contribution in [-0.2, 0) is 6.54 Å². The second-order valence-corrected chi connectivity index (χ2v) is 5.83. The Morgan fingerprint density at radius 1 is 1.38 bits per heavy atom. The zero-order chi connectivity index (χ0) is 11.2. The predicted molar refractivity (Wildman–Crippen MR) is 69.6 cm³/mol. The molecule has 0 spiro atoms. The van der Waals surface area contributed by atoms with E-state index in [0.717, 1.165) is 18.5 Å². The van der Waals surface area contributed by atoms with E-state index in [2.05, 4.69) is 17.2 Å². The zero-order valence-electron chi connectivity index (χ0n) is 10.1. The summed E-state index contributed by atoms with van der Waals surface area (Å²) in [6.07, 6.45) is 10.3. The number of hydrogen-bond acceptors (Lipinski definition) is 3. The highest BCUT2D eigenvalue weighted by atomic mass is 32.1. The second kappa shape index (κ2) is 6.36. The Balaban J connectivity index is 1.65. The summed E-state index contributed by atoms with van der Waals surface area (Å²) < 4.78 is 0. The van der Waals surface area contributed by atoms with Crippen molar-refractivity contribution in [2.45, 2.75) is 58.0 Å². The second-order valence-electron chi connectivity index (χ2n) is 4.85. The topological polar surface area (TPSA) is 24.9 Å². The summed E-state index contributed by atoms with van der Waals surface area (Å²) in [5.74, 6) is 1.01. The van der Waals surface area contributed by atoms with Gasteiger partial charge in [-0.05, 0) is 31.6 Å². The molecule has 1 heterocycles. The first-order valence-corrected chi connectivity index (χ1v) is 7.37. The van der Waals surface area contributed by atoms with Crippen LogP contribution in [-0.4, -0.2) is 11.0 Å². The van der Waals surface area contributed by atoms with Crippen LogP contribution in [0.1, 0.15) is 50.3 Å². The summed E-state index contributed by atoms with van der Waals surface area (Å²) in [6.45, 7) is 3.31. The smallest absolute Gasteiger partial charge is 0.0794 e. The standard InChI is InChI=1S/C13H22N2S/c1-2-3-11-4-6-12(7-5-11)15-9-13-8-14-10-16-13/h8,10-12,15H,2-7,9H2,1H3. The summed E-state index contributed by atoms with van der Waals surface area (Å²) in [4.78, 5) is 5.46. The fraction of sp³-hybridized carbons (Fsp3) is 0.769. The number of nitrogens with zero attached hydrogens (tertiary/aromatic N) is 1. The SMILES string of the molecule is CCCC1CCC(NCc2cncs2)CC1. The van der Waals surface area contributed by atoms with Gasteiger partial charge < -0.3 is 5.32 Å². The van der Waals surface area contributed by atoms with Gasteiger partial charge in [0, 0.05) is 23.7 Å². The molecule has 1 fully saturated rings. The van der Waals surface area contributed by atoms with E-state index in [4.69, 9.17) is 0 Å². The number of aromatic nitrogens is 1. The van der Waals surface area contributed by atoms with Crippen molar-refractivity contribution in [3.05, 3.63) is 16.6 Å². The van der Waals surface area contributed by atoms with Gasteiger partial charge in [-0.25, -0.2) is 0 Å². The molecule has 0 amide bonds. The summed E-state index contributed by atoms with van der Waals surface area (Å²) in [5.41, 5.74) is 1.91. The van der Waals surface area contributed by atoms with Crippen molar-refractivity contribution in [1.82, 2.24) is 10.3 Å². The molecule has 90 valence electrons. The van der Waals surface area contributed by atoms with Crippen LogP contribution in [0.25, 0.3) is 0 Å². The molecule has 0 radical (unpaired) electrons. The molecule has 2 nitrogen and oxygen atoms in total. The van der Waals surface area contributed by atoms with Gasteiger partial charge in [0.15, 0.2) is 0 Å². The van der Waals surface area contributed by atoms with Crippen LogP contribution in [0.15, 0.2) is 11.7 Å². The lowest BCUT2D eigenvalue weighted by Crippen LogP contribution is -2.32. The summed E-state index contributed by atoms with van der Waals surface area (Å²) in [7, 11) is 0. The predicted octanol–water partition coefficient (Wildman–Crippen LogP) is 3.59. The highest BCUT2D eigenvalue weighted by molar-refractivity contribution is 7.09. The van der Waals surface area contributed by atoms with Crippen molar-refractivity contribution in [3.63, 3.8) is 0 Å². The van der Waals surface area contributed by atoms with Gasteiger partial charge in [-0.15, -0.1) is 11.3 Å². The average Bonchev–Trinajstić information content (AvgIpc) is 2.82. The van der Waals surface area contributed by atoms with Crippen LogP contribution in [0.5, 0.6) is 0 Å².